The van der Waals surface area contributed by atoms with Gasteiger partial charge in [-0.3, -0.25) is 9.89 Å². The van der Waals surface area contributed by atoms with Crippen LogP contribution < -0.4 is 11.1 Å². The number of nitrogen functional groups attached to an aromatic ring is 1. The van der Waals surface area contributed by atoms with Crippen LogP contribution in [0.1, 0.15) is 16.1 Å². The molecule has 0 aliphatic heterocycles. The highest BCUT2D eigenvalue weighted by atomic mass is 79.9. The summed E-state index contributed by atoms with van der Waals surface area (Å²) in [6.45, 7) is 1.79. The Morgan fingerprint density at radius 2 is 2.06 bits per heavy atom. The average molecular weight is 295 g/mol. The number of nitrogens with zero attached hydrogens (tertiary/aromatic N) is 1. The van der Waals surface area contributed by atoms with Crippen LogP contribution in [-0.2, 0) is 0 Å². The third kappa shape index (κ3) is 2.47. The van der Waals surface area contributed by atoms with Crippen molar-refractivity contribution in [2.24, 2.45) is 0 Å². The predicted molar refractivity (Wildman–Crippen MR) is 69.8 cm³/mol. The molecule has 0 radical (unpaired) electrons. The van der Waals surface area contributed by atoms with Crippen molar-refractivity contribution in [3.05, 3.63) is 40.0 Å². The van der Waals surface area contributed by atoms with Crippen molar-refractivity contribution >= 4 is 33.3 Å². The molecule has 0 aliphatic carbocycles. The van der Waals surface area contributed by atoms with E-state index in [1.54, 1.807) is 31.2 Å². The number of benzene rings is 1. The minimum absolute atomic E-state index is 0.240. The van der Waals surface area contributed by atoms with Gasteiger partial charge in [0.15, 0.2) is 5.82 Å². The predicted octanol–water partition coefficient (Wildman–Crippen LogP) is 2.32. The first-order valence-electron chi connectivity index (χ1n) is 4.95. The lowest BCUT2D eigenvalue weighted by atomic mass is 10.2. The molecule has 0 fully saturated rings. The average Bonchev–Trinajstić information content (AvgIpc) is 2.62. The molecule has 0 bridgehead atoms. The van der Waals surface area contributed by atoms with Gasteiger partial charge in [-0.15, -0.1) is 0 Å². The van der Waals surface area contributed by atoms with Gasteiger partial charge in [-0.25, -0.2) is 0 Å². The summed E-state index contributed by atoms with van der Waals surface area (Å²) in [5, 5.41) is 9.26. The molecule has 5 nitrogen and oxygen atoms in total. The standard InChI is InChI=1S/C11H11BrN4O/c1-6-9(13)10(16-15-6)14-11(17)7-2-4-8(12)5-3-7/h2-5H,13H2,1H3,(H2,14,15,16,17). The summed E-state index contributed by atoms with van der Waals surface area (Å²) in [7, 11) is 0. The summed E-state index contributed by atoms with van der Waals surface area (Å²) in [5.74, 6) is 0.117. The fourth-order valence-corrected chi connectivity index (χ4v) is 1.58. The Labute approximate surface area is 107 Å². The molecule has 0 aliphatic rings. The van der Waals surface area contributed by atoms with Gasteiger partial charge in [0.1, 0.15) is 0 Å². The summed E-state index contributed by atoms with van der Waals surface area (Å²) in [6.07, 6.45) is 0. The number of carbonyl (C=O) groups excluding carboxylic acids is 1. The molecular formula is C11H11BrN4O. The summed E-state index contributed by atoms with van der Waals surface area (Å²) in [5.41, 5.74) is 7.47. The van der Waals surface area contributed by atoms with E-state index in [-0.39, 0.29) is 5.91 Å². The second-order valence-electron chi connectivity index (χ2n) is 3.57. The van der Waals surface area contributed by atoms with Gasteiger partial charge < -0.3 is 11.1 Å². The van der Waals surface area contributed by atoms with Crippen molar-refractivity contribution in [2.75, 3.05) is 11.1 Å². The largest absolute Gasteiger partial charge is 0.394 e. The Kier molecular flexibility index (Phi) is 3.14. The zero-order chi connectivity index (χ0) is 12.4. The highest BCUT2D eigenvalue weighted by Gasteiger charge is 2.11. The number of nitrogens with two attached hydrogens (primary N) is 1. The second-order valence-corrected chi connectivity index (χ2v) is 4.49. The molecule has 1 aromatic carbocycles. The van der Waals surface area contributed by atoms with Gasteiger partial charge in [0.25, 0.3) is 5.91 Å². The van der Waals surface area contributed by atoms with Crippen molar-refractivity contribution in [2.45, 2.75) is 6.92 Å². The van der Waals surface area contributed by atoms with Crippen LogP contribution in [0.25, 0.3) is 0 Å². The quantitative estimate of drug-likeness (QED) is 0.795. The fourth-order valence-electron chi connectivity index (χ4n) is 1.31. The normalized spacial score (nSPS) is 10.2. The Balaban J connectivity index is 2.17. The van der Waals surface area contributed by atoms with Gasteiger partial charge in [0, 0.05) is 10.0 Å². The van der Waals surface area contributed by atoms with E-state index in [4.69, 9.17) is 5.73 Å². The number of carbonyl (C=O) groups is 1. The van der Waals surface area contributed by atoms with E-state index < -0.39 is 0 Å². The zero-order valence-corrected chi connectivity index (χ0v) is 10.7. The summed E-state index contributed by atoms with van der Waals surface area (Å²) < 4.78 is 0.921. The van der Waals surface area contributed by atoms with Gasteiger partial charge >= 0.3 is 0 Å². The molecule has 0 spiro atoms. The minimum Gasteiger partial charge on any atom is -0.394 e. The van der Waals surface area contributed by atoms with Gasteiger partial charge in [-0.1, -0.05) is 15.9 Å². The number of aromatic amines is 1. The molecule has 0 saturated heterocycles. The van der Waals surface area contributed by atoms with Crippen LogP contribution in [0, 0.1) is 6.92 Å². The summed E-state index contributed by atoms with van der Waals surface area (Å²) >= 11 is 3.31. The number of hydrogen-bond acceptors (Lipinski definition) is 3. The number of hydrogen-bond donors (Lipinski definition) is 3. The van der Waals surface area contributed by atoms with E-state index in [2.05, 4.69) is 31.4 Å². The second kappa shape index (κ2) is 4.58. The smallest absolute Gasteiger partial charge is 0.256 e. The van der Waals surface area contributed by atoms with Crippen LogP contribution in [0.2, 0.25) is 0 Å². The Morgan fingerprint density at radius 3 is 2.59 bits per heavy atom. The summed E-state index contributed by atoms with van der Waals surface area (Å²) in [4.78, 5) is 11.9. The van der Waals surface area contributed by atoms with E-state index in [1.165, 1.54) is 0 Å². The van der Waals surface area contributed by atoms with E-state index in [1.807, 2.05) is 0 Å². The highest BCUT2D eigenvalue weighted by molar-refractivity contribution is 9.10. The van der Waals surface area contributed by atoms with Crippen molar-refractivity contribution in [3.8, 4) is 0 Å². The van der Waals surface area contributed by atoms with Crippen LogP contribution in [0.5, 0.6) is 0 Å². The van der Waals surface area contributed by atoms with Gasteiger partial charge in [0.2, 0.25) is 0 Å². The third-order valence-corrected chi connectivity index (χ3v) is 2.86. The molecule has 4 N–H and O–H groups in total. The number of amides is 1. The van der Waals surface area contributed by atoms with Crippen LogP contribution in [0.15, 0.2) is 28.7 Å². The Bertz CT molecular complexity index is 547. The molecular weight excluding hydrogens is 284 g/mol. The maximum absolute atomic E-state index is 11.9. The number of rotatable bonds is 2. The molecule has 1 amide bonds. The van der Waals surface area contributed by atoms with Gasteiger partial charge in [0.05, 0.1) is 11.4 Å². The number of halogens is 1. The van der Waals surface area contributed by atoms with E-state index >= 15 is 0 Å². The number of aromatic nitrogens is 2. The molecule has 1 aromatic heterocycles. The number of H-pyrrole nitrogens is 1. The SMILES string of the molecule is Cc1[nH]nc(NC(=O)c2ccc(Br)cc2)c1N. The molecule has 0 unspecified atom stereocenters. The first-order chi connectivity index (χ1) is 8.08. The molecule has 1 heterocycles. The molecule has 6 heteroatoms. The number of anilines is 2. The number of aryl methyl sites for hydroxylation is 1. The van der Waals surface area contributed by atoms with Crippen molar-refractivity contribution in [3.63, 3.8) is 0 Å². The minimum atomic E-state index is -0.240. The van der Waals surface area contributed by atoms with Crippen molar-refractivity contribution in [1.29, 1.82) is 0 Å². The van der Waals surface area contributed by atoms with Crippen LogP contribution >= 0.6 is 15.9 Å². The maximum atomic E-state index is 11.9. The van der Waals surface area contributed by atoms with Crippen LogP contribution in [0.4, 0.5) is 11.5 Å². The van der Waals surface area contributed by atoms with Gasteiger partial charge in [-0.2, -0.15) is 5.10 Å². The molecule has 88 valence electrons. The topological polar surface area (TPSA) is 83.8 Å². The highest BCUT2D eigenvalue weighted by Crippen LogP contribution is 2.19. The van der Waals surface area contributed by atoms with Crippen LogP contribution in [-0.4, -0.2) is 16.1 Å². The molecule has 0 atom stereocenters. The van der Waals surface area contributed by atoms with E-state index in [0.29, 0.717) is 17.1 Å². The number of nitrogens with one attached hydrogen (secondary N) is 2. The Morgan fingerprint density at radius 1 is 1.41 bits per heavy atom. The Hall–Kier alpha value is -1.82. The van der Waals surface area contributed by atoms with Crippen LogP contribution in [0.3, 0.4) is 0 Å². The zero-order valence-electron chi connectivity index (χ0n) is 9.12. The first-order valence-corrected chi connectivity index (χ1v) is 5.74. The van der Waals surface area contributed by atoms with E-state index in [9.17, 15) is 4.79 Å². The lowest BCUT2D eigenvalue weighted by Gasteiger charge is -2.03. The monoisotopic (exact) mass is 294 g/mol. The molecule has 0 saturated carbocycles. The molecule has 2 rings (SSSR count). The summed E-state index contributed by atoms with van der Waals surface area (Å²) in [6, 6.07) is 7.03. The maximum Gasteiger partial charge on any atom is 0.256 e. The van der Waals surface area contributed by atoms with Crippen molar-refractivity contribution < 1.29 is 4.79 Å². The first kappa shape index (κ1) is 11.7. The lowest BCUT2D eigenvalue weighted by molar-refractivity contribution is 0.102. The van der Waals surface area contributed by atoms with E-state index in [0.717, 1.165) is 10.2 Å². The fraction of sp³-hybridized carbons (Fsp3) is 0.0909. The molecule has 17 heavy (non-hydrogen) atoms. The van der Waals surface area contributed by atoms with Gasteiger partial charge in [-0.05, 0) is 31.2 Å². The van der Waals surface area contributed by atoms with Crippen molar-refractivity contribution in [1.82, 2.24) is 10.2 Å². The lowest BCUT2D eigenvalue weighted by Crippen LogP contribution is -2.13. The molecule has 2 aromatic rings. The third-order valence-electron chi connectivity index (χ3n) is 2.33.